The van der Waals surface area contributed by atoms with Gasteiger partial charge in [0.25, 0.3) is 0 Å². The highest BCUT2D eigenvalue weighted by Crippen LogP contribution is 2.30. The molecule has 0 unspecified atom stereocenters. The van der Waals surface area contributed by atoms with Crippen molar-refractivity contribution in [3.8, 4) is 11.5 Å². The van der Waals surface area contributed by atoms with Gasteiger partial charge in [-0.2, -0.15) is 0 Å². The van der Waals surface area contributed by atoms with E-state index in [0.29, 0.717) is 0 Å². The number of carboxylic acid groups (broad SMARTS) is 2. The average Bonchev–Trinajstić information content (AvgIpc) is 2.11. The summed E-state index contributed by atoms with van der Waals surface area (Å²) in [5.74, 6) is -3.79. The zero-order valence-corrected chi connectivity index (χ0v) is 7.47. The van der Waals surface area contributed by atoms with Crippen molar-refractivity contribution in [3.05, 3.63) is 23.3 Å². The second-order valence-corrected chi connectivity index (χ2v) is 2.88. The van der Waals surface area contributed by atoms with Gasteiger partial charge in [0, 0.05) is 5.56 Å². The predicted octanol–water partition coefficient (Wildman–Crippen LogP) is 0.423. The highest BCUT2D eigenvalue weighted by atomic mass is 16.4. The molecule has 15 heavy (non-hydrogen) atoms. The lowest BCUT2D eigenvalue weighted by Crippen LogP contribution is -2.03. The lowest BCUT2D eigenvalue weighted by Gasteiger charge is -2.05. The van der Waals surface area contributed by atoms with Crippen LogP contribution in [-0.2, 0) is 11.2 Å². The van der Waals surface area contributed by atoms with Crippen LogP contribution in [0.5, 0.6) is 11.5 Å². The molecular weight excluding hydrogens is 204 g/mol. The van der Waals surface area contributed by atoms with E-state index in [4.69, 9.17) is 15.3 Å². The van der Waals surface area contributed by atoms with Crippen molar-refractivity contribution in [3.63, 3.8) is 0 Å². The van der Waals surface area contributed by atoms with Crippen LogP contribution in [0.3, 0.4) is 0 Å². The van der Waals surface area contributed by atoms with Crippen LogP contribution in [0.15, 0.2) is 12.1 Å². The summed E-state index contributed by atoms with van der Waals surface area (Å²) in [4.78, 5) is 20.9. The first-order valence-corrected chi connectivity index (χ1v) is 3.91. The summed E-state index contributed by atoms with van der Waals surface area (Å²) < 4.78 is 0. The number of phenols is 2. The molecule has 0 aliphatic rings. The van der Waals surface area contributed by atoms with E-state index < -0.39 is 29.9 Å². The van der Waals surface area contributed by atoms with E-state index in [2.05, 4.69) is 0 Å². The molecule has 0 aromatic heterocycles. The van der Waals surface area contributed by atoms with Gasteiger partial charge in [-0.05, 0) is 12.1 Å². The van der Waals surface area contributed by atoms with E-state index in [9.17, 15) is 14.7 Å². The third-order valence-electron chi connectivity index (χ3n) is 1.76. The summed E-state index contributed by atoms with van der Waals surface area (Å²) in [6.45, 7) is 0. The molecule has 6 nitrogen and oxygen atoms in total. The van der Waals surface area contributed by atoms with E-state index in [1.807, 2.05) is 0 Å². The molecule has 0 spiro atoms. The Morgan fingerprint density at radius 1 is 1.13 bits per heavy atom. The Hall–Kier alpha value is -2.24. The molecule has 6 heteroatoms. The second-order valence-electron chi connectivity index (χ2n) is 2.88. The molecule has 0 amide bonds. The fourth-order valence-corrected chi connectivity index (χ4v) is 1.10. The highest BCUT2D eigenvalue weighted by molar-refractivity contribution is 5.89. The fourth-order valence-electron chi connectivity index (χ4n) is 1.10. The van der Waals surface area contributed by atoms with E-state index in [1.165, 1.54) is 0 Å². The summed E-state index contributed by atoms with van der Waals surface area (Å²) in [6, 6.07) is 1.86. The van der Waals surface area contributed by atoms with E-state index >= 15 is 0 Å². The third kappa shape index (κ3) is 2.37. The number of aliphatic carboxylic acids is 1. The van der Waals surface area contributed by atoms with Crippen LogP contribution in [0.25, 0.3) is 0 Å². The number of phenolic OH excluding ortho intramolecular Hbond substituents is 2. The number of carbonyl (C=O) groups is 2. The van der Waals surface area contributed by atoms with Crippen LogP contribution in [0.1, 0.15) is 15.9 Å². The van der Waals surface area contributed by atoms with Crippen LogP contribution in [0, 0.1) is 0 Å². The van der Waals surface area contributed by atoms with Crippen molar-refractivity contribution in [2.24, 2.45) is 0 Å². The van der Waals surface area contributed by atoms with Gasteiger partial charge < -0.3 is 20.4 Å². The molecule has 0 radical (unpaired) electrons. The number of benzene rings is 1. The van der Waals surface area contributed by atoms with Gasteiger partial charge in [0.15, 0.2) is 11.5 Å². The molecule has 0 saturated carbocycles. The SMILES string of the molecule is O=C(O)Cc1cc(C(=O)O)cc(O)c1O. The van der Waals surface area contributed by atoms with Crippen molar-refractivity contribution in [2.45, 2.75) is 6.42 Å². The topological polar surface area (TPSA) is 115 Å². The fraction of sp³-hybridized carbons (Fsp3) is 0.111. The van der Waals surface area contributed by atoms with Gasteiger partial charge in [-0.25, -0.2) is 4.79 Å². The van der Waals surface area contributed by atoms with E-state index in [0.717, 1.165) is 12.1 Å². The van der Waals surface area contributed by atoms with Crippen LogP contribution in [0.2, 0.25) is 0 Å². The van der Waals surface area contributed by atoms with Gasteiger partial charge in [-0.15, -0.1) is 0 Å². The summed E-state index contributed by atoms with van der Waals surface area (Å²) in [5, 5.41) is 35.5. The van der Waals surface area contributed by atoms with Crippen molar-refractivity contribution in [1.82, 2.24) is 0 Å². The molecule has 1 aromatic carbocycles. The summed E-state index contributed by atoms with van der Waals surface area (Å²) in [6.07, 6.45) is -0.555. The second kappa shape index (κ2) is 3.87. The maximum absolute atomic E-state index is 10.6. The van der Waals surface area contributed by atoms with Gasteiger partial charge in [-0.1, -0.05) is 0 Å². The molecule has 0 atom stereocenters. The van der Waals surface area contributed by atoms with Gasteiger partial charge in [0.05, 0.1) is 12.0 Å². The van der Waals surface area contributed by atoms with Crippen molar-refractivity contribution < 1.29 is 30.0 Å². The summed E-state index contributed by atoms with van der Waals surface area (Å²) in [7, 11) is 0. The Morgan fingerprint density at radius 2 is 1.73 bits per heavy atom. The zero-order chi connectivity index (χ0) is 11.6. The number of aromatic carboxylic acids is 1. The Morgan fingerprint density at radius 3 is 2.20 bits per heavy atom. The zero-order valence-electron chi connectivity index (χ0n) is 7.47. The largest absolute Gasteiger partial charge is 0.504 e. The van der Waals surface area contributed by atoms with Crippen LogP contribution < -0.4 is 0 Å². The lowest BCUT2D eigenvalue weighted by atomic mass is 10.1. The number of carboxylic acids is 2. The monoisotopic (exact) mass is 212 g/mol. The number of aromatic hydroxyl groups is 2. The first-order chi connectivity index (χ1) is 6.91. The minimum absolute atomic E-state index is 0.139. The standard InChI is InChI=1S/C9H8O6/c10-6-2-5(9(14)15)1-4(8(6)13)3-7(11)12/h1-2,10,13H,3H2,(H,11,12)(H,14,15). The molecule has 0 aliphatic carbocycles. The first-order valence-electron chi connectivity index (χ1n) is 3.91. The smallest absolute Gasteiger partial charge is 0.335 e. The molecule has 0 bridgehead atoms. The van der Waals surface area contributed by atoms with Crippen molar-refractivity contribution in [2.75, 3.05) is 0 Å². The lowest BCUT2D eigenvalue weighted by molar-refractivity contribution is -0.136. The Labute approximate surface area is 84.0 Å². The normalized spacial score (nSPS) is 9.87. The van der Waals surface area contributed by atoms with Crippen LogP contribution >= 0.6 is 0 Å². The van der Waals surface area contributed by atoms with E-state index in [-0.39, 0.29) is 11.1 Å². The molecule has 80 valence electrons. The molecule has 0 saturated heterocycles. The average molecular weight is 212 g/mol. The van der Waals surface area contributed by atoms with Crippen LogP contribution in [0.4, 0.5) is 0 Å². The third-order valence-corrected chi connectivity index (χ3v) is 1.76. The number of hydrogen-bond acceptors (Lipinski definition) is 4. The van der Waals surface area contributed by atoms with Gasteiger partial charge in [0.1, 0.15) is 0 Å². The summed E-state index contributed by atoms with van der Waals surface area (Å²) in [5.41, 5.74) is -0.415. The highest BCUT2D eigenvalue weighted by Gasteiger charge is 2.14. The maximum atomic E-state index is 10.6. The minimum Gasteiger partial charge on any atom is -0.504 e. The number of rotatable bonds is 3. The van der Waals surface area contributed by atoms with E-state index in [1.54, 1.807) is 0 Å². The first kappa shape index (κ1) is 10.8. The van der Waals surface area contributed by atoms with Crippen molar-refractivity contribution in [1.29, 1.82) is 0 Å². The molecule has 1 aromatic rings. The van der Waals surface area contributed by atoms with Crippen molar-refractivity contribution >= 4 is 11.9 Å². The molecule has 4 N–H and O–H groups in total. The van der Waals surface area contributed by atoms with Gasteiger partial charge in [-0.3, -0.25) is 4.79 Å². The van der Waals surface area contributed by atoms with Gasteiger partial charge in [0.2, 0.25) is 0 Å². The predicted molar refractivity (Wildman–Crippen MR) is 48.1 cm³/mol. The molecular formula is C9H8O6. The number of hydrogen-bond donors (Lipinski definition) is 4. The Balaban J connectivity index is 3.24. The van der Waals surface area contributed by atoms with Crippen LogP contribution in [-0.4, -0.2) is 32.4 Å². The quantitative estimate of drug-likeness (QED) is 0.540. The molecule has 0 aliphatic heterocycles. The molecule has 1 rings (SSSR count). The minimum atomic E-state index is -1.31. The summed E-state index contributed by atoms with van der Waals surface area (Å²) >= 11 is 0. The van der Waals surface area contributed by atoms with Gasteiger partial charge >= 0.3 is 11.9 Å². The Kier molecular flexibility index (Phi) is 2.80. The molecule has 0 fully saturated rings. The Bertz CT molecular complexity index is 423. The molecule has 0 heterocycles. The maximum Gasteiger partial charge on any atom is 0.335 e.